The van der Waals surface area contributed by atoms with Crippen LogP contribution in [0.25, 0.3) is 0 Å². The molecule has 2 aromatic rings. The molecule has 3 heterocycles. The lowest BCUT2D eigenvalue weighted by atomic mass is 9.90. The molecule has 9 heteroatoms. The van der Waals surface area contributed by atoms with E-state index in [1.165, 1.54) is 11.8 Å². The number of carbonyl (C=O) groups excluding carboxylic acids is 3. The second-order valence-electron chi connectivity index (χ2n) is 10.9. The van der Waals surface area contributed by atoms with E-state index in [1.54, 1.807) is 11.8 Å². The van der Waals surface area contributed by atoms with Gasteiger partial charge in [-0.25, -0.2) is 9.79 Å². The zero-order valence-electron chi connectivity index (χ0n) is 24.6. The second kappa shape index (κ2) is 13.0. The Kier molecular flexibility index (Phi) is 9.16. The number of benzene rings is 2. The quantitative estimate of drug-likeness (QED) is 0.360. The van der Waals surface area contributed by atoms with Gasteiger partial charge < -0.3 is 19.3 Å². The number of aliphatic imine (C=N–C) groups is 1. The number of esters is 2. The van der Waals surface area contributed by atoms with Gasteiger partial charge in [0.15, 0.2) is 5.17 Å². The zero-order valence-corrected chi connectivity index (χ0v) is 25.4. The van der Waals surface area contributed by atoms with Gasteiger partial charge in [-0.3, -0.25) is 9.59 Å². The van der Waals surface area contributed by atoms with Gasteiger partial charge in [0.1, 0.15) is 6.61 Å². The molecule has 0 unspecified atom stereocenters. The number of allylic oxidation sites excluding steroid dienone is 1. The molecule has 0 aromatic heterocycles. The van der Waals surface area contributed by atoms with Gasteiger partial charge in [-0.15, -0.1) is 0 Å². The molecule has 8 nitrogen and oxygen atoms in total. The number of amidine groups is 1. The van der Waals surface area contributed by atoms with E-state index in [0.29, 0.717) is 31.0 Å². The molecule has 0 bridgehead atoms. The smallest absolute Gasteiger partial charge is 0.338 e. The molecular formula is C33H37N3O5S. The van der Waals surface area contributed by atoms with Crippen LogP contribution in [0.1, 0.15) is 61.4 Å². The zero-order chi connectivity index (χ0) is 29.8. The molecule has 220 valence electrons. The fourth-order valence-electron chi connectivity index (χ4n) is 5.78. The van der Waals surface area contributed by atoms with Gasteiger partial charge in [-0.2, -0.15) is 0 Å². The van der Waals surface area contributed by atoms with E-state index >= 15 is 0 Å². The minimum absolute atomic E-state index is 0.0593. The van der Waals surface area contributed by atoms with Crippen molar-refractivity contribution in [2.75, 3.05) is 19.7 Å². The second-order valence-corrected chi connectivity index (χ2v) is 11.8. The molecule has 1 amide bonds. The van der Waals surface area contributed by atoms with Crippen LogP contribution in [0.3, 0.4) is 0 Å². The standard InChI is InChI=1S/C33H37N3O5S/c1-5-40-31(38)25-12-9-15-35(18-25)28(37)17-26-20-42-33-34-23(4)29(32(39)41-19-24-10-7-6-8-11-24)30(36(26)33)27-14-13-21(2)16-22(27)3/h6-8,10-11,13-14,16,20,25,30H,5,9,12,15,17-19H2,1-4H3/t25-,30+/m0/s1. The third-order valence-corrected chi connectivity index (χ3v) is 8.77. The van der Waals surface area contributed by atoms with Crippen LogP contribution in [0.15, 0.2) is 75.9 Å². The number of nitrogens with zero attached hydrogens (tertiary/aromatic N) is 3. The van der Waals surface area contributed by atoms with E-state index in [9.17, 15) is 14.4 Å². The maximum atomic E-state index is 13.7. The summed E-state index contributed by atoms with van der Waals surface area (Å²) in [5, 5.41) is 2.67. The van der Waals surface area contributed by atoms with Crippen LogP contribution in [0.5, 0.6) is 0 Å². The van der Waals surface area contributed by atoms with E-state index in [1.807, 2.05) is 73.5 Å². The third kappa shape index (κ3) is 6.31. The third-order valence-electron chi connectivity index (χ3n) is 7.88. The van der Waals surface area contributed by atoms with Crippen molar-refractivity contribution in [1.29, 1.82) is 0 Å². The fraction of sp³-hybridized carbons (Fsp3) is 0.394. The van der Waals surface area contributed by atoms with E-state index < -0.39 is 12.0 Å². The average molecular weight is 588 g/mol. The van der Waals surface area contributed by atoms with Crippen LogP contribution in [-0.2, 0) is 30.5 Å². The van der Waals surface area contributed by atoms with Gasteiger partial charge in [0.2, 0.25) is 5.91 Å². The van der Waals surface area contributed by atoms with Gasteiger partial charge in [0.25, 0.3) is 0 Å². The van der Waals surface area contributed by atoms with E-state index in [0.717, 1.165) is 46.0 Å². The topological polar surface area (TPSA) is 88.5 Å². The number of amides is 1. The predicted molar refractivity (Wildman–Crippen MR) is 163 cm³/mol. The van der Waals surface area contributed by atoms with Crippen LogP contribution < -0.4 is 0 Å². The summed E-state index contributed by atoms with van der Waals surface area (Å²) in [6, 6.07) is 15.3. The summed E-state index contributed by atoms with van der Waals surface area (Å²) in [5.41, 5.74) is 5.86. The van der Waals surface area contributed by atoms with Gasteiger partial charge >= 0.3 is 11.9 Å². The Balaban J connectivity index is 1.42. The highest BCUT2D eigenvalue weighted by atomic mass is 32.2. The Morgan fingerprint density at radius 3 is 2.57 bits per heavy atom. The lowest BCUT2D eigenvalue weighted by Gasteiger charge is -2.38. The molecular weight excluding hydrogens is 550 g/mol. The minimum Gasteiger partial charge on any atom is -0.466 e. The molecule has 42 heavy (non-hydrogen) atoms. The van der Waals surface area contributed by atoms with Crippen molar-refractivity contribution in [3.05, 3.63) is 93.2 Å². The summed E-state index contributed by atoms with van der Waals surface area (Å²) in [6.07, 6.45) is 1.61. The molecule has 1 saturated heterocycles. The van der Waals surface area contributed by atoms with Gasteiger partial charge in [-0.1, -0.05) is 65.9 Å². The van der Waals surface area contributed by atoms with Crippen molar-refractivity contribution in [3.63, 3.8) is 0 Å². The predicted octanol–water partition coefficient (Wildman–Crippen LogP) is 5.81. The Bertz CT molecular complexity index is 1470. The number of carbonyl (C=O) groups is 3. The summed E-state index contributed by atoms with van der Waals surface area (Å²) >= 11 is 1.45. The maximum absolute atomic E-state index is 13.7. The first-order valence-electron chi connectivity index (χ1n) is 14.4. The molecule has 0 saturated carbocycles. The summed E-state index contributed by atoms with van der Waals surface area (Å²) in [7, 11) is 0. The maximum Gasteiger partial charge on any atom is 0.338 e. The first kappa shape index (κ1) is 29.6. The molecule has 3 aliphatic heterocycles. The normalized spacial score (nSPS) is 20.1. The van der Waals surface area contributed by atoms with Gasteiger partial charge in [-0.05, 0) is 62.6 Å². The van der Waals surface area contributed by atoms with Gasteiger partial charge in [0, 0.05) is 18.8 Å². The monoisotopic (exact) mass is 587 g/mol. The number of likely N-dealkylation sites (tertiary alicyclic amines) is 1. The number of aryl methyl sites for hydroxylation is 2. The molecule has 2 aromatic carbocycles. The molecule has 0 aliphatic carbocycles. The Hall–Kier alpha value is -3.85. The number of piperidine rings is 1. The lowest BCUT2D eigenvalue weighted by Crippen LogP contribution is -2.44. The van der Waals surface area contributed by atoms with E-state index in [2.05, 4.69) is 6.07 Å². The fourth-order valence-corrected chi connectivity index (χ4v) is 6.75. The van der Waals surface area contributed by atoms with Crippen LogP contribution in [0, 0.1) is 19.8 Å². The van der Waals surface area contributed by atoms with Crippen LogP contribution in [0.4, 0.5) is 0 Å². The molecule has 5 rings (SSSR count). The number of rotatable bonds is 8. The van der Waals surface area contributed by atoms with Crippen LogP contribution in [0.2, 0.25) is 0 Å². The number of hydrogen-bond acceptors (Lipinski definition) is 8. The van der Waals surface area contributed by atoms with Crippen molar-refractivity contribution in [3.8, 4) is 0 Å². The lowest BCUT2D eigenvalue weighted by molar-refractivity contribution is -0.151. The van der Waals surface area contributed by atoms with Crippen LogP contribution in [-0.4, -0.2) is 52.5 Å². The molecule has 0 radical (unpaired) electrons. The van der Waals surface area contributed by atoms with E-state index in [-0.39, 0.29) is 30.8 Å². The minimum atomic E-state index is -0.496. The largest absolute Gasteiger partial charge is 0.466 e. The molecule has 1 fully saturated rings. The molecule has 0 N–H and O–H groups in total. The van der Waals surface area contributed by atoms with E-state index in [4.69, 9.17) is 14.5 Å². The van der Waals surface area contributed by atoms with Crippen molar-refractivity contribution >= 4 is 34.8 Å². The summed E-state index contributed by atoms with van der Waals surface area (Å²) in [5.74, 6) is -1.04. The number of ether oxygens (including phenoxy) is 2. The van der Waals surface area contributed by atoms with Crippen molar-refractivity contribution < 1.29 is 23.9 Å². The first-order chi connectivity index (χ1) is 20.3. The molecule has 3 aliphatic rings. The van der Waals surface area contributed by atoms with Gasteiger partial charge in [0.05, 0.1) is 36.3 Å². The van der Waals surface area contributed by atoms with Crippen LogP contribution >= 0.6 is 11.8 Å². The highest BCUT2D eigenvalue weighted by Crippen LogP contribution is 2.46. The summed E-state index contributed by atoms with van der Waals surface area (Å²) in [4.78, 5) is 48.3. The number of fused-ring (bicyclic) bond motifs is 1. The summed E-state index contributed by atoms with van der Waals surface area (Å²) < 4.78 is 11.1. The first-order valence-corrected chi connectivity index (χ1v) is 15.3. The SMILES string of the molecule is CCOC(=O)[C@H]1CCCN(C(=O)CC2=CSC3=NC(C)=C(C(=O)OCc4ccccc4)[C@@H](c4ccc(C)cc4C)N23)C1. The van der Waals surface area contributed by atoms with Crippen molar-refractivity contribution in [1.82, 2.24) is 9.80 Å². The highest BCUT2D eigenvalue weighted by molar-refractivity contribution is 8.16. The number of hydrogen-bond donors (Lipinski definition) is 0. The summed E-state index contributed by atoms with van der Waals surface area (Å²) in [6.45, 7) is 9.15. The Morgan fingerprint density at radius 2 is 1.83 bits per heavy atom. The highest BCUT2D eigenvalue weighted by Gasteiger charge is 2.42. The van der Waals surface area contributed by atoms with Crippen molar-refractivity contribution in [2.45, 2.75) is 59.6 Å². The molecule has 2 atom stereocenters. The Morgan fingerprint density at radius 1 is 1.05 bits per heavy atom. The average Bonchev–Trinajstić information content (AvgIpc) is 3.37. The Labute approximate surface area is 251 Å². The molecule has 0 spiro atoms. The van der Waals surface area contributed by atoms with Crippen molar-refractivity contribution in [2.24, 2.45) is 10.9 Å². The number of thioether (sulfide) groups is 1.